The Bertz CT molecular complexity index is 1210. The molecule has 0 saturated carbocycles. The van der Waals surface area contributed by atoms with Gasteiger partial charge in [-0.3, -0.25) is 9.48 Å². The van der Waals surface area contributed by atoms with Gasteiger partial charge in [-0.15, -0.1) is 0 Å². The van der Waals surface area contributed by atoms with Crippen molar-refractivity contribution in [2.45, 2.75) is 44.9 Å². The zero-order valence-corrected chi connectivity index (χ0v) is 20.9. The number of carbonyl (C=O) groups excluding carboxylic acids is 1. The van der Waals surface area contributed by atoms with Crippen LogP contribution in [-0.4, -0.2) is 39.8 Å². The summed E-state index contributed by atoms with van der Waals surface area (Å²) in [5.41, 5.74) is 7.58. The summed E-state index contributed by atoms with van der Waals surface area (Å²) < 4.78 is 22.2. The van der Waals surface area contributed by atoms with Crippen molar-refractivity contribution in [2.75, 3.05) is 18.4 Å². The van der Waals surface area contributed by atoms with E-state index in [1.54, 1.807) is 32.3 Å². The fourth-order valence-electron chi connectivity index (χ4n) is 3.94. The van der Waals surface area contributed by atoms with E-state index in [4.69, 9.17) is 33.7 Å². The molecule has 1 saturated heterocycles. The van der Waals surface area contributed by atoms with Crippen LogP contribution >= 0.6 is 23.2 Å². The molecule has 186 valence electrons. The molecule has 0 unspecified atom stereocenters. The number of halogens is 3. The third-order valence-electron chi connectivity index (χ3n) is 5.92. The standard InChI is InChI=1S/C24H27Cl2FN6O2/c1-13(28)24(34)32-23-20(35-14(2)21-18(25)3-4-19(27)22(21)26)9-15(10-30-23)16-11-31-33(12-16)17-5-7-29-8-6-17/h3-4,9-14,17,29H,5-8,28H2,1-2H3,(H,30,32,34)/t13-,14+/m0/s1. The maximum Gasteiger partial charge on any atom is 0.242 e. The molecule has 11 heteroatoms. The first-order valence-electron chi connectivity index (χ1n) is 11.4. The zero-order chi connectivity index (χ0) is 25.1. The Hall–Kier alpha value is -2.72. The largest absolute Gasteiger partial charge is 0.482 e. The van der Waals surface area contributed by atoms with E-state index >= 15 is 0 Å². The normalized spacial score (nSPS) is 16.1. The van der Waals surface area contributed by atoms with Crippen LogP contribution in [0.2, 0.25) is 10.0 Å². The average molecular weight is 521 g/mol. The number of pyridine rings is 1. The summed E-state index contributed by atoms with van der Waals surface area (Å²) in [6, 6.07) is 3.93. The number of amides is 1. The molecule has 4 rings (SSSR count). The van der Waals surface area contributed by atoms with Crippen LogP contribution < -0.4 is 21.1 Å². The molecule has 0 bridgehead atoms. The topological polar surface area (TPSA) is 107 Å². The van der Waals surface area contributed by atoms with Crippen LogP contribution in [0, 0.1) is 5.82 Å². The molecule has 35 heavy (non-hydrogen) atoms. The lowest BCUT2D eigenvalue weighted by Gasteiger charge is -2.22. The van der Waals surface area contributed by atoms with E-state index in [9.17, 15) is 9.18 Å². The molecule has 4 N–H and O–H groups in total. The van der Waals surface area contributed by atoms with E-state index in [0.29, 0.717) is 11.6 Å². The van der Waals surface area contributed by atoms with Crippen molar-refractivity contribution in [3.63, 3.8) is 0 Å². The number of ether oxygens (including phenoxy) is 1. The van der Waals surface area contributed by atoms with Crippen molar-refractivity contribution in [1.29, 1.82) is 0 Å². The number of anilines is 1. The Morgan fingerprint density at radius 3 is 2.71 bits per heavy atom. The fraction of sp³-hybridized carbons (Fsp3) is 0.375. The summed E-state index contributed by atoms with van der Waals surface area (Å²) in [5.74, 6) is -0.597. The minimum absolute atomic E-state index is 0.126. The molecule has 2 aromatic heterocycles. The molecule has 1 fully saturated rings. The molecule has 0 radical (unpaired) electrons. The molecule has 1 aromatic carbocycles. The Kier molecular flexibility index (Phi) is 7.91. The van der Waals surface area contributed by atoms with E-state index < -0.39 is 23.9 Å². The number of rotatable bonds is 7. The van der Waals surface area contributed by atoms with Gasteiger partial charge in [0.25, 0.3) is 0 Å². The summed E-state index contributed by atoms with van der Waals surface area (Å²) in [7, 11) is 0. The molecule has 1 aliphatic heterocycles. The van der Waals surface area contributed by atoms with E-state index in [2.05, 4.69) is 20.7 Å². The van der Waals surface area contributed by atoms with Crippen LogP contribution in [0.5, 0.6) is 5.75 Å². The van der Waals surface area contributed by atoms with Crippen LogP contribution in [0.15, 0.2) is 36.8 Å². The first kappa shape index (κ1) is 25.4. The minimum atomic E-state index is -0.753. The number of hydrogen-bond donors (Lipinski definition) is 3. The van der Waals surface area contributed by atoms with Crippen LogP contribution in [0.3, 0.4) is 0 Å². The summed E-state index contributed by atoms with van der Waals surface area (Å²) in [4.78, 5) is 16.7. The Labute approximate surface area is 213 Å². The van der Waals surface area contributed by atoms with Crippen LogP contribution in [-0.2, 0) is 4.79 Å². The molecule has 1 amide bonds. The van der Waals surface area contributed by atoms with Crippen LogP contribution in [0.25, 0.3) is 11.1 Å². The fourth-order valence-corrected chi connectivity index (χ4v) is 4.62. The predicted octanol–water partition coefficient (Wildman–Crippen LogP) is 4.74. The van der Waals surface area contributed by atoms with Crippen LogP contribution in [0.1, 0.15) is 44.4 Å². The van der Waals surface area contributed by atoms with Gasteiger partial charge in [0, 0.05) is 34.1 Å². The van der Waals surface area contributed by atoms with Gasteiger partial charge in [0.1, 0.15) is 11.9 Å². The second kappa shape index (κ2) is 10.9. The first-order chi connectivity index (χ1) is 16.7. The zero-order valence-electron chi connectivity index (χ0n) is 19.4. The van der Waals surface area contributed by atoms with Crippen LogP contribution in [0.4, 0.5) is 10.2 Å². The van der Waals surface area contributed by atoms with Gasteiger partial charge in [0.05, 0.1) is 23.3 Å². The quantitative estimate of drug-likeness (QED) is 0.388. The second-order valence-corrected chi connectivity index (χ2v) is 9.34. The van der Waals surface area contributed by atoms with E-state index in [1.807, 2.05) is 10.9 Å². The molecule has 2 atom stereocenters. The lowest BCUT2D eigenvalue weighted by atomic mass is 10.1. The molecule has 8 nitrogen and oxygen atoms in total. The van der Waals surface area contributed by atoms with Crippen molar-refractivity contribution < 1.29 is 13.9 Å². The van der Waals surface area contributed by atoms with Crippen molar-refractivity contribution in [3.05, 3.63) is 58.2 Å². The molecule has 1 aliphatic rings. The van der Waals surface area contributed by atoms with Gasteiger partial charge in [-0.25, -0.2) is 9.37 Å². The maximum atomic E-state index is 14.1. The third kappa shape index (κ3) is 5.75. The van der Waals surface area contributed by atoms with Gasteiger partial charge in [-0.2, -0.15) is 5.10 Å². The van der Waals surface area contributed by atoms with Crippen molar-refractivity contribution >= 4 is 34.9 Å². The number of carbonyl (C=O) groups is 1. The maximum absolute atomic E-state index is 14.1. The second-order valence-electron chi connectivity index (χ2n) is 8.56. The Morgan fingerprint density at radius 2 is 2.00 bits per heavy atom. The lowest BCUT2D eigenvalue weighted by Crippen LogP contribution is -2.33. The van der Waals surface area contributed by atoms with Crippen molar-refractivity contribution in [3.8, 4) is 16.9 Å². The predicted molar refractivity (Wildman–Crippen MR) is 134 cm³/mol. The number of piperidine rings is 1. The van der Waals surface area contributed by atoms with Gasteiger partial charge < -0.3 is 21.1 Å². The summed E-state index contributed by atoms with van der Waals surface area (Å²) in [6.07, 6.45) is 6.63. The summed E-state index contributed by atoms with van der Waals surface area (Å²) >= 11 is 12.5. The molecule has 0 aliphatic carbocycles. The van der Waals surface area contributed by atoms with Gasteiger partial charge in [0.2, 0.25) is 5.91 Å². The highest BCUT2D eigenvalue weighted by molar-refractivity contribution is 6.36. The lowest BCUT2D eigenvalue weighted by molar-refractivity contribution is -0.117. The van der Waals surface area contributed by atoms with Crippen molar-refractivity contribution in [2.24, 2.45) is 5.73 Å². The first-order valence-corrected chi connectivity index (χ1v) is 12.1. The minimum Gasteiger partial charge on any atom is -0.482 e. The summed E-state index contributed by atoms with van der Waals surface area (Å²) in [6.45, 7) is 5.16. The van der Waals surface area contributed by atoms with E-state index in [-0.39, 0.29) is 21.6 Å². The van der Waals surface area contributed by atoms with Crippen molar-refractivity contribution in [1.82, 2.24) is 20.1 Å². The number of nitrogens with one attached hydrogen (secondary N) is 2. The molecular weight excluding hydrogens is 494 g/mol. The highest BCUT2D eigenvalue weighted by Crippen LogP contribution is 2.37. The van der Waals surface area contributed by atoms with Gasteiger partial charge in [0.15, 0.2) is 11.6 Å². The number of hydrogen-bond acceptors (Lipinski definition) is 6. The highest BCUT2D eigenvalue weighted by atomic mass is 35.5. The third-order valence-corrected chi connectivity index (χ3v) is 6.63. The molecular formula is C24H27Cl2FN6O2. The average Bonchev–Trinajstić information content (AvgIpc) is 3.33. The monoisotopic (exact) mass is 520 g/mol. The van der Waals surface area contributed by atoms with E-state index in [0.717, 1.165) is 37.1 Å². The van der Waals surface area contributed by atoms with Gasteiger partial charge in [-0.05, 0) is 58.0 Å². The Morgan fingerprint density at radius 1 is 1.26 bits per heavy atom. The molecule has 3 aromatic rings. The molecule has 0 spiro atoms. The summed E-state index contributed by atoms with van der Waals surface area (Å²) in [5, 5.41) is 10.7. The number of benzene rings is 1. The SMILES string of the molecule is C[C@H](N)C(=O)Nc1ncc(-c2cnn(C3CCNCC3)c2)cc1O[C@H](C)c1c(Cl)ccc(F)c1Cl. The van der Waals surface area contributed by atoms with Gasteiger partial charge in [-0.1, -0.05) is 23.2 Å². The van der Waals surface area contributed by atoms with E-state index in [1.165, 1.54) is 12.1 Å². The van der Waals surface area contributed by atoms with Gasteiger partial charge >= 0.3 is 0 Å². The number of aromatic nitrogens is 3. The Balaban J connectivity index is 1.67. The number of nitrogens with zero attached hydrogens (tertiary/aromatic N) is 3. The smallest absolute Gasteiger partial charge is 0.242 e. The number of nitrogens with two attached hydrogens (primary N) is 1. The molecule has 3 heterocycles. The highest BCUT2D eigenvalue weighted by Gasteiger charge is 2.22.